The fourth-order valence-corrected chi connectivity index (χ4v) is 2.79. The molecule has 2 rings (SSSR count). The van der Waals surface area contributed by atoms with Gasteiger partial charge in [0.1, 0.15) is 5.82 Å². The highest BCUT2D eigenvalue weighted by molar-refractivity contribution is 5.43. The van der Waals surface area contributed by atoms with Crippen molar-refractivity contribution in [2.75, 3.05) is 30.4 Å². The quantitative estimate of drug-likeness (QED) is 0.726. The predicted octanol–water partition coefficient (Wildman–Crippen LogP) is 4.32. The Morgan fingerprint density at radius 2 is 2.14 bits per heavy atom. The van der Waals surface area contributed by atoms with Crippen molar-refractivity contribution in [2.45, 2.75) is 58.8 Å². The van der Waals surface area contributed by atoms with Crippen LogP contribution in [-0.4, -0.2) is 30.1 Å². The van der Waals surface area contributed by atoms with Crippen LogP contribution in [0.3, 0.4) is 0 Å². The van der Waals surface area contributed by atoms with Gasteiger partial charge in [-0.05, 0) is 45.4 Å². The van der Waals surface area contributed by atoms with Crippen LogP contribution in [0.5, 0.6) is 0 Å². The molecule has 0 atom stereocenters. The van der Waals surface area contributed by atoms with Gasteiger partial charge < -0.3 is 10.2 Å². The average molecular weight is 302 g/mol. The van der Waals surface area contributed by atoms with E-state index in [4.69, 9.17) is 0 Å². The highest BCUT2D eigenvalue weighted by Gasteiger charge is 2.08. The van der Waals surface area contributed by atoms with Crippen LogP contribution in [0, 0.1) is 6.92 Å². The molecular weight excluding hydrogens is 272 g/mol. The van der Waals surface area contributed by atoms with E-state index in [1.165, 1.54) is 38.5 Å². The van der Waals surface area contributed by atoms with E-state index in [-0.39, 0.29) is 0 Å². The lowest BCUT2D eigenvalue weighted by Gasteiger charge is -2.18. The number of nitrogens with one attached hydrogen (secondary N) is 1. The number of unbranched alkanes of at least 4 members (excludes halogenated alkanes) is 1. The van der Waals surface area contributed by atoms with Gasteiger partial charge in [0.15, 0.2) is 0 Å². The Balaban J connectivity index is 1.90. The zero-order chi connectivity index (χ0) is 15.8. The van der Waals surface area contributed by atoms with Crippen molar-refractivity contribution in [3.8, 4) is 0 Å². The molecular formula is C18H30N4. The standard InChI is InChI=1S/C18H30N4/c1-4-5-13-22(3)18-20-15(2)14-17(21-18)19-12-11-16-9-7-6-8-10-16/h9,14H,4-8,10-13H2,1-3H3,(H,19,20,21). The van der Waals surface area contributed by atoms with Crippen molar-refractivity contribution < 1.29 is 0 Å². The van der Waals surface area contributed by atoms with Crippen LogP contribution in [0.2, 0.25) is 0 Å². The molecule has 1 aliphatic rings. The molecule has 0 fully saturated rings. The molecule has 0 radical (unpaired) electrons. The van der Waals surface area contributed by atoms with E-state index in [2.05, 4.69) is 40.2 Å². The van der Waals surface area contributed by atoms with Crippen LogP contribution in [-0.2, 0) is 0 Å². The second kappa shape index (κ2) is 8.76. The Labute approximate surface area is 135 Å². The lowest BCUT2D eigenvalue weighted by atomic mass is 9.97. The van der Waals surface area contributed by atoms with Crippen molar-refractivity contribution in [3.05, 3.63) is 23.4 Å². The third kappa shape index (κ3) is 5.32. The minimum absolute atomic E-state index is 0.827. The molecule has 0 saturated heterocycles. The summed E-state index contributed by atoms with van der Waals surface area (Å²) >= 11 is 0. The van der Waals surface area contributed by atoms with E-state index in [0.29, 0.717) is 0 Å². The second-order valence-corrected chi connectivity index (χ2v) is 6.25. The van der Waals surface area contributed by atoms with Gasteiger partial charge in [-0.15, -0.1) is 0 Å². The maximum Gasteiger partial charge on any atom is 0.227 e. The van der Waals surface area contributed by atoms with E-state index < -0.39 is 0 Å². The normalized spacial score (nSPS) is 14.6. The fourth-order valence-electron chi connectivity index (χ4n) is 2.79. The Kier molecular flexibility index (Phi) is 6.69. The van der Waals surface area contributed by atoms with Crippen molar-refractivity contribution in [2.24, 2.45) is 0 Å². The molecule has 22 heavy (non-hydrogen) atoms. The van der Waals surface area contributed by atoms with Crippen molar-refractivity contribution >= 4 is 11.8 Å². The van der Waals surface area contributed by atoms with Gasteiger partial charge in [-0.1, -0.05) is 25.0 Å². The zero-order valence-electron chi connectivity index (χ0n) is 14.4. The molecule has 0 saturated carbocycles. The molecule has 1 aromatic heterocycles. The molecule has 4 heteroatoms. The van der Waals surface area contributed by atoms with Gasteiger partial charge in [0.05, 0.1) is 0 Å². The molecule has 0 aromatic carbocycles. The van der Waals surface area contributed by atoms with Gasteiger partial charge in [-0.2, -0.15) is 4.98 Å². The first-order valence-electron chi connectivity index (χ1n) is 8.67. The first kappa shape index (κ1) is 16.8. The van der Waals surface area contributed by atoms with Crippen molar-refractivity contribution in [1.82, 2.24) is 9.97 Å². The van der Waals surface area contributed by atoms with Crippen LogP contribution in [0.4, 0.5) is 11.8 Å². The van der Waals surface area contributed by atoms with Gasteiger partial charge in [0.2, 0.25) is 5.95 Å². The van der Waals surface area contributed by atoms with Gasteiger partial charge in [0, 0.05) is 31.9 Å². The van der Waals surface area contributed by atoms with Crippen LogP contribution in [0.25, 0.3) is 0 Å². The van der Waals surface area contributed by atoms with Gasteiger partial charge in [-0.25, -0.2) is 4.98 Å². The first-order valence-corrected chi connectivity index (χ1v) is 8.67. The van der Waals surface area contributed by atoms with Crippen LogP contribution in [0.1, 0.15) is 57.6 Å². The summed E-state index contributed by atoms with van der Waals surface area (Å²) in [7, 11) is 2.07. The summed E-state index contributed by atoms with van der Waals surface area (Å²) in [5.41, 5.74) is 2.62. The molecule has 0 spiro atoms. The summed E-state index contributed by atoms with van der Waals surface area (Å²) in [6.07, 6.45) is 11.1. The van der Waals surface area contributed by atoms with Crippen molar-refractivity contribution in [3.63, 3.8) is 0 Å². The smallest absolute Gasteiger partial charge is 0.227 e. The van der Waals surface area contributed by atoms with Crippen LogP contribution in [0.15, 0.2) is 17.7 Å². The van der Waals surface area contributed by atoms with Crippen LogP contribution >= 0.6 is 0 Å². The minimum atomic E-state index is 0.827. The lowest BCUT2D eigenvalue weighted by molar-refractivity contribution is 0.679. The number of hydrogen-bond donors (Lipinski definition) is 1. The maximum atomic E-state index is 4.65. The third-order valence-electron chi connectivity index (χ3n) is 4.17. The molecule has 0 bridgehead atoms. The van der Waals surface area contributed by atoms with Gasteiger partial charge in [0.25, 0.3) is 0 Å². The van der Waals surface area contributed by atoms with Crippen LogP contribution < -0.4 is 10.2 Å². The Morgan fingerprint density at radius 1 is 1.27 bits per heavy atom. The van der Waals surface area contributed by atoms with Gasteiger partial charge >= 0.3 is 0 Å². The number of aromatic nitrogens is 2. The van der Waals surface area contributed by atoms with E-state index >= 15 is 0 Å². The van der Waals surface area contributed by atoms with E-state index in [1.54, 1.807) is 5.57 Å². The summed E-state index contributed by atoms with van der Waals surface area (Å²) in [6.45, 7) is 6.21. The Hall–Kier alpha value is -1.58. The highest BCUT2D eigenvalue weighted by atomic mass is 15.2. The molecule has 1 N–H and O–H groups in total. The van der Waals surface area contributed by atoms with E-state index in [9.17, 15) is 0 Å². The average Bonchev–Trinajstić information content (AvgIpc) is 2.53. The largest absolute Gasteiger partial charge is 0.370 e. The fraction of sp³-hybridized carbons (Fsp3) is 0.667. The summed E-state index contributed by atoms with van der Waals surface area (Å²) in [5, 5.41) is 3.47. The summed E-state index contributed by atoms with van der Waals surface area (Å²) in [6, 6.07) is 2.03. The molecule has 0 aliphatic heterocycles. The molecule has 122 valence electrons. The molecule has 1 aromatic rings. The Bertz CT molecular complexity index is 496. The molecule has 4 nitrogen and oxygen atoms in total. The summed E-state index contributed by atoms with van der Waals surface area (Å²) < 4.78 is 0. The first-order chi connectivity index (χ1) is 10.7. The zero-order valence-corrected chi connectivity index (χ0v) is 14.4. The number of nitrogens with zero attached hydrogens (tertiary/aromatic N) is 3. The van der Waals surface area contributed by atoms with E-state index in [1.807, 2.05) is 13.0 Å². The summed E-state index contributed by atoms with van der Waals surface area (Å²) in [5.74, 6) is 1.77. The van der Waals surface area contributed by atoms with Gasteiger partial charge in [-0.3, -0.25) is 0 Å². The number of anilines is 2. The highest BCUT2D eigenvalue weighted by Crippen LogP contribution is 2.20. The lowest BCUT2D eigenvalue weighted by Crippen LogP contribution is -2.21. The molecule has 1 aliphatic carbocycles. The topological polar surface area (TPSA) is 41.1 Å². The maximum absolute atomic E-state index is 4.65. The molecule has 1 heterocycles. The second-order valence-electron chi connectivity index (χ2n) is 6.25. The number of rotatable bonds is 8. The predicted molar refractivity (Wildman–Crippen MR) is 94.6 cm³/mol. The van der Waals surface area contributed by atoms with Crippen molar-refractivity contribution in [1.29, 1.82) is 0 Å². The SMILES string of the molecule is CCCCN(C)c1nc(C)cc(NCCC2=CCCCC2)n1. The molecule has 0 unspecified atom stereocenters. The number of aryl methyl sites for hydroxylation is 1. The Morgan fingerprint density at radius 3 is 2.86 bits per heavy atom. The number of hydrogen-bond acceptors (Lipinski definition) is 4. The monoisotopic (exact) mass is 302 g/mol. The minimum Gasteiger partial charge on any atom is -0.370 e. The summed E-state index contributed by atoms with van der Waals surface area (Å²) in [4.78, 5) is 11.3. The number of allylic oxidation sites excluding steroid dienone is 1. The van der Waals surface area contributed by atoms with E-state index in [0.717, 1.165) is 37.0 Å². The molecule has 0 amide bonds. The third-order valence-corrected chi connectivity index (χ3v) is 4.17.